The van der Waals surface area contributed by atoms with E-state index in [9.17, 15) is 10.1 Å². The van der Waals surface area contributed by atoms with Crippen molar-refractivity contribution in [3.63, 3.8) is 0 Å². The number of hydrogen-bond donors (Lipinski definition) is 2. The van der Waals surface area contributed by atoms with Gasteiger partial charge in [-0.15, -0.1) is 12.6 Å². The molecule has 2 aromatic rings. The van der Waals surface area contributed by atoms with E-state index >= 15 is 0 Å². The predicted molar refractivity (Wildman–Crippen MR) is 75.3 cm³/mol. The minimum Gasteiger partial charge on any atom is -0.398 e. The SMILES string of the molecule is Nc1ccc(Sc2ccc([N+](=O)[O-])cc2)cc1S. The number of anilines is 1. The number of rotatable bonds is 3. The maximum atomic E-state index is 10.5. The molecule has 4 nitrogen and oxygen atoms in total. The Morgan fingerprint density at radius 1 is 1.11 bits per heavy atom. The van der Waals surface area contributed by atoms with Crippen LogP contribution >= 0.6 is 24.4 Å². The maximum Gasteiger partial charge on any atom is 0.269 e. The zero-order valence-electron chi connectivity index (χ0n) is 9.24. The molecule has 0 aromatic heterocycles. The van der Waals surface area contributed by atoms with Crippen LogP contribution in [0.4, 0.5) is 11.4 Å². The summed E-state index contributed by atoms with van der Waals surface area (Å²) < 4.78 is 0. The summed E-state index contributed by atoms with van der Waals surface area (Å²) in [5.74, 6) is 0. The monoisotopic (exact) mass is 278 g/mol. The van der Waals surface area contributed by atoms with Crippen molar-refractivity contribution >= 4 is 35.8 Å². The van der Waals surface area contributed by atoms with E-state index in [-0.39, 0.29) is 5.69 Å². The molecule has 6 heteroatoms. The Balaban J connectivity index is 2.18. The number of nitrogen functional groups attached to an aromatic ring is 1. The van der Waals surface area contributed by atoms with Gasteiger partial charge in [-0.2, -0.15) is 0 Å². The second-order valence-electron chi connectivity index (χ2n) is 3.57. The molecule has 0 bridgehead atoms. The third-order valence-electron chi connectivity index (χ3n) is 2.29. The smallest absolute Gasteiger partial charge is 0.269 e. The largest absolute Gasteiger partial charge is 0.398 e. The quantitative estimate of drug-likeness (QED) is 0.389. The van der Waals surface area contributed by atoms with Crippen molar-refractivity contribution in [3.8, 4) is 0 Å². The highest BCUT2D eigenvalue weighted by molar-refractivity contribution is 7.99. The number of benzene rings is 2. The molecule has 2 N–H and O–H groups in total. The molecule has 0 saturated carbocycles. The lowest BCUT2D eigenvalue weighted by atomic mass is 10.3. The van der Waals surface area contributed by atoms with Crippen LogP contribution in [-0.4, -0.2) is 4.92 Å². The Morgan fingerprint density at radius 3 is 2.28 bits per heavy atom. The Morgan fingerprint density at radius 2 is 1.72 bits per heavy atom. The van der Waals surface area contributed by atoms with Crippen LogP contribution in [0.25, 0.3) is 0 Å². The molecule has 0 aliphatic rings. The second kappa shape index (κ2) is 5.32. The third-order valence-corrected chi connectivity index (χ3v) is 3.67. The first-order chi connectivity index (χ1) is 8.56. The summed E-state index contributed by atoms with van der Waals surface area (Å²) in [4.78, 5) is 12.8. The molecule has 18 heavy (non-hydrogen) atoms. The minimum atomic E-state index is -0.413. The molecule has 0 spiro atoms. The van der Waals surface area contributed by atoms with Crippen LogP contribution in [0.15, 0.2) is 57.2 Å². The molecule has 0 atom stereocenters. The average Bonchev–Trinajstić information content (AvgIpc) is 2.34. The summed E-state index contributed by atoms with van der Waals surface area (Å²) in [6, 6.07) is 12.0. The minimum absolute atomic E-state index is 0.0894. The van der Waals surface area contributed by atoms with Crippen molar-refractivity contribution in [1.82, 2.24) is 0 Å². The van der Waals surface area contributed by atoms with Crippen LogP contribution in [0.5, 0.6) is 0 Å². The molecule has 0 aliphatic carbocycles. The third kappa shape index (κ3) is 2.96. The van der Waals surface area contributed by atoms with Crippen molar-refractivity contribution in [2.24, 2.45) is 0 Å². The van der Waals surface area contributed by atoms with E-state index in [0.29, 0.717) is 5.69 Å². The normalized spacial score (nSPS) is 10.3. The van der Waals surface area contributed by atoms with Gasteiger partial charge in [0.05, 0.1) is 4.92 Å². The molecule has 0 unspecified atom stereocenters. The van der Waals surface area contributed by atoms with Crippen LogP contribution in [0.1, 0.15) is 0 Å². The first-order valence-corrected chi connectivity index (χ1v) is 6.33. The van der Waals surface area contributed by atoms with E-state index in [1.54, 1.807) is 18.2 Å². The van der Waals surface area contributed by atoms with Gasteiger partial charge in [0, 0.05) is 32.5 Å². The molecule has 2 rings (SSSR count). The number of nitro groups is 1. The molecule has 92 valence electrons. The van der Waals surface area contributed by atoms with E-state index < -0.39 is 4.92 Å². The zero-order chi connectivity index (χ0) is 13.1. The zero-order valence-corrected chi connectivity index (χ0v) is 10.9. The lowest BCUT2D eigenvalue weighted by Crippen LogP contribution is -1.87. The maximum absolute atomic E-state index is 10.5. The summed E-state index contributed by atoms with van der Waals surface area (Å²) >= 11 is 5.75. The predicted octanol–water partition coefficient (Wildman–Crippen LogP) is 3.62. The van der Waals surface area contributed by atoms with Gasteiger partial charge in [-0.3, -0.25) is 10.1 Å². The van der Waals surface area contributed by atoms with Gasteiger partial charge in [-0.05, 0) is 30.3 Å². The first kappa shape index (κ1) is 12.8. The molecule has 0 saturated heterocycles. The molecular formula is C12H10N2O2S2. The highest BCUT2D eigenvalue weighted by Crippen LogP contribution is 2.31. The van der Waals surface area contributed by atoms with E-state index in [4.69, 9.17) is 5.73 Å². The first-order valence-electron chi connectivity index (χ1n) is 5.07. The number of nitro benzene ring substituents is 1. The summed E-state index contributed by atoms with van der Waals surface area (Å²) in [5, 5.41) is 10.5. The van der Waals surface area contributed by atoms with E-state index in [1.165, 1.54) is 23.9 Å². The van der Waals surface area contributed by atoms with E-state index in [0.717, 1.165) is 14.7 Å². The fourth-order valence-electron chi connectivity index (χ4n) is 1.36. The number of hydrogen-bond acceptors (Lipinski definition) is 5. The van der Waals surface area contributed by atoms with Gasteiger partial charge in [0.2, 0.25) is 0 Å². The standard InChI is InChI=1S/C12H10N2O2S2/c13-11-6-5-10(7-12(11)17)18-9-3-1-8(2-4-9)14(15)16/h1-7,17H,13H2. The second-order valence-corrected chi connectivity index (χ2v) is 5.20. The molecule has 0 heterocycles. The summed E-state index contributed by atoms with van der Waals surface area (Å²) in [5.41, 5.74) is 6.39. The van der Waals surface area contributed by atoms with Crippen LogP contribution in [0, 0.1) is 10.1 Å². The van der Waals surface area contributed by atoms with Crippen LogP contribution in [0.2, 0.25) is 0 Å². The molecular weight excluding hydrogens is 268 g/mol. The summed E-state index contributed by atoms with van der Waals surface area (Å²) in [6.07, 6.45) is 0. The highest BCUT2D eigenvalue weighted by Gasteiger charge is 2.05. The van der Waals surface area contributed by atoms with Crippen LogP contribution < -0.4 is 5.73 Å². The van der Waals surface area contributed by atoms with Gasteiger partial charge >= 0.3 is 0 Å². The topological polar surface area (TPSA) is 69.2 Å². The Bertz CT molecular complexity index is 585. The van der Waals surface area contributed by atoms with Gasteiger partial charge in [-0.1, -0.05) is 11.8 Å². The van der Waals surface area contributed by atoms with Gasteiger partial charge < -0.3 is 5.73 Å². The Kier molecular flexibility index (Phi) is 3.78. The molecule has 0 fully saturated rings. The molecule has 0 aliphatic heterocycles. The van der Waals surface area contributed by atoms with Crippen molar-refractivity contribution in [2.45, 2.75) is 14.7 Å². The fourth-order valence-corrected chi connectivity index (χ4v) is 2.52. The van der Waals surface area contributed by atoms with Crippen molar-refractivity contribution in [1.29, 1.82) is 0 Å². The van der Waals surface area contributed by atoms with Gasteiger partial charge in [0.25, 0.3) is 5.69 Å². The summed E-state index contributed by atoms with van der Waals surface area (Å²) in [7, 11) is 0. The lowest BCUT2D eigenvalue weighted by Gasteiger charge is -2.04. The number of nitrogens with two attached hydrogens (primary N) is 1. The molecule has 2 aromatic carbocycles. The number of non-ortho nitro benzene ring substituents is 1. The Hall–Kier alpha value is -1.66. The van der Waals surface area contributed by atoms with Gasteiger partial charge in [0.1, 0.15) is 0 Å². The van der Waals surface area contributed by atoms with Crippen LogP contribution in [-0.2, 0) is 0 Å². The van der Waals surface area contributed by atoms with Gasteiger partial charge in [0.15, 0.2) is 0 Å². The van der Waals surface area contributed by atoms with E-state index in [1.807, 2.05) is 12.1 Å². The average molecular weight is 278 g/mol. The van der Waals surface area contributed by atoms with Crippen molar-refractivity contribution in [3.05, 3.63) is 52.6 Å². The number of thiol groups is 1. The number of nitrogens with zero attached hydrogens (tertiary/aromatic N) is 1. The van der Waals surface area contributed by atoms with Crippen molar-refractivity contribution in [2.75, 3.05) is 5.73 Å². The fraction of sp³-hybridized carbons (Fsp3) is 0. The Labute approximate surface area is 114 Å². The molecule has 0 radical (unpaired) electrons. The van der Waals surface area contributed by atoms with Gasteiger partial charge in [-0.25, -0.2) is 0 Å². The highest BCUT2D eigenvalue weighted by atomic mass is 32.2. The van der Waals surface area contributed by atoms with Crippen LogP contribution in [0.3, 0.4) is 0 Å². The van der Waals surface area contributed by atoms with Crippen molar-refractivity contribution < 1.29 is 4.92 Å². The molecule has 0 amide bonds. The van der Waals surface area contributed by atoms with E-state index in [2.05, 4.69) is 12.6 Å². The lowest BCUT2D eigenvalue weighted by molar-refractivity contribution is -0.384. The summed E-state index contributed by atoms with van der Waals surface area (Å²) in [6.45, 7) is 0.